The predicted octanol–water partition coefficient (Wildman–Crippen LogP) is 3.79. The van der Waals surface area contributed by atoms with Crippen molar-refractivity contribution in [3.05, 3.63) is 79.7 Å². The smallest absolute Gasteiger partial charge is 0.267 e. The number of amides is 2. The Morgan fingerprint density at radius 1 is 1.22 bits per heavy atom. The number of benzene rings is 2. The van der Waals surface area contributed by atoms with Gasteiger partial charge in [-0.25, -0.2) is 0 Å². The predicted molar refractivity (Wildman–Crippen MR) is 107 cm³/mol. The van der Waals surface area contributed by atoms with Crippen molar-refractivity contribution in [1.82, 2.24) is 10.4 Å². The minimum absolute atomic E-state index is 0.139. The number of hydrogen-bond acceptors (Lipinski definition) is 6. The lowest BCUT2D eigenvalue weighted by Crippen LogP contribution is -2.44. The molecule has 0 atom stereocenters. The van der Waals surface area contributed by atoms with Gasteiger partial charge in [0, 0.05) is 22.7 Å². The normalized spacial score (nSPS) is 15.3. The molecular formula is C17H10ClN3O4S2. The summed E-state index contributed by atoms with van der Waals surface area (Å²) in [5, 5.41) is 12.1. The first-order valence-electron chi connectivity index (χ1n) is 7.45. The summed E-state index contributed by atoms with van der Waals surface area (Å²) in [6.07, 6.45) is 1.60. The lowest BCUT2D eigenvalue weighted by molar-refractivity contribution is -0.384. The van der Waals surface area contributed by atoms with Crippen LogP contribution in [0.2, 0.25) is 5.02 Å². The topological polar surface area (TPSA) is 92.6 Å². The molecule has 0 aliphatic carbocycles. The number of nitrogens with one attached hydrogen (secondary N) is 1. The molecule has 3 rings (SSSR count). The van der Waals surface area contributed by atoms with E-state index in [4.69, 9.17) is 23.8 Å². The van der Waals surface area contributed by atoms with E-state index in [1.54, 1.807) is 30.3 Å². The van der Waals surface area contributed by atoms with Crippen LogP contribution in [-0.4, -0.2) is 26.1 Å². The number of non-ortho nitro benzene ring substituents is 1. The Kier molecular flexibility index (Phi) is 5.54. The Bertz CT molecular complexity index is 992. The highest BCUT2D eigenvalue weighted by Crippen LogP contribution is 2.32. The molecule has 1 aliphatic heterocycles. The van der Waals surface area contributed by atoms with Crippen molar-refractivity contribution in [2.75, 3.05) is 0 Å². The molecule has 27 heavy (non-hydrogen) atoms. The number of thiocarbonyl (C=S) groups is 1. The number of carbonyl (C=O) groups excluding carboxylic acids is 2. The van der Waals surface area contributed by atoms with Crippen LogP contribution in [0.4, 0.5) is 5.69 Å². The number of nitro groups is 1. The van der Waals surface area contributed by atoms with Crippen molar-refractivity contribution in [1.29, 1.82) is 0 Å². The SMILES string of the molecule is O=C(NN1C(=O)/C(=C\c2ccccc2Cl)SC1=S)c1ccc([N+](=O)[O-])cc1. The van der Waals surface area contributed by atoms with E-state index in [2.05, 4.69) is 5.43 Å². The molecule has 2 amide bonds. The number of hydrogen-bond donors (Lipinski definition) is 1. The van der Waals surface area contributed by atoms with E-state index >= 15 is 0 Å². The summed E-state index contributed by atoms with van der Waals surface area (Å²) in [4.78, 5) is 35.3. The van der Waals surface area contributed by atoms with Gasteiger partial charge in [0.25, 0.3) is 17.5 Å². The molecular weight excluding hydrogens is 410 g/mol. The van der Waals surface area contributed by atoms with Crippen LogP contribution in [0.15, 0.2) is 53.4 Å². The fraction of sp³-hybridized carbons (Fsp3) is 0. The molecule has 1 aliphatic rings. The van der Waals surface area contributed by atoms with Gasteiger partial charge in [0.1, 0.15) is 0 Å². The van der Waals surface area contributed by atoms with Crippen LogP contribution < -0.4 is 5.43 Å². The number of carbonyl (C=O) groups is 2. The second kappa shape index (κ2) is 7.87. The lowest BCUT2D eigenvalue weighted by atomic mass is 10.2. The van der Waals surface area contributed by atoms with Gasteiger partial charge in [0.2, 0.25) is 0 Å². The Morgan fingerprint density at radius 2 is 1.89 bits per heavy atom. The van der Waals surface area contributed by atoms with E-state index in [-0.39, 0.29) is 15.6 Å². The number of nitro benzene ring substituents is 1. The van der Waals surface area contributed by atoms with Gasteiger partial charge in [0.05, 0.1) is 9.83 Å². The quantitative estimate of drug-likeness (QED) is 0.351. The molecule has 0 radical (unpaired) electrons. The zero-order valence-electron chi connectivity index (χ0n) is 13.4. The molecule has 1 saturated heterocycles. The zero-order chi connectivity index (χ0) is 19.6. The fourth-order valence-electron chi connectivity index (χ4n) is 2.20. The highest BCUT2D eigenvalue weighted by atomic mass is 35.5. The average Bonchev–Trinajstić information content (AvgIpc) is 2.91. The monoisotopic (exact) mass is 419 g/mol. The second-order valence-corrected chi connectivity index (χ2v) is 7.37. The number of hydrazine groups is 1. The lowest BCUT2D eigenvalue weighted by Gasteiger charge is -2.15. The van der Waals surface area contributed by atoms with Crippen LogP contribution in [0, 0.1) is 10.1 Å². The Morgan fingerprint density at radius 3 is 2.52 bits per heavy atom. The molecule has 10 heteroatoms. The highest BCUT2D eigenvalue weighted by molar-refractivity contribution is 8.26. The maximum absolute atomic E-state index is 12.5. The third-order valence-electron chi connectivity index (χ3n) is 3.54. The molecule has 0 saturated carbocycles. The van der Waals surface area contributed by atoms with Crippen molar-refractivity contribution in [2.45, 2.75) is 0 Å². The van der Waals surface area contributed by atoms with Crippen LogP contribution >= 0.6 is 35.6 Å². The van der Waals surface area contributed by atoms with Crippen molar-refractivity contribution in [3.63, 3.8) is 0 Å². The molecule has 136 valence electrons. The largest absolute Gasteiger partial charge is 0.285 e. The summed E-state index contributed by atoms with van der Waals surface area (Å²) in [6.45, 7) is 0. The second-order valence-electron chi connectivity index (χ2n) is 5.28. The van der Waals surface area contributed by atoms with Crippen LogP contribution in [0.25, 0.3) is 6.08 Å². The van der Waals surface area contributed by atoms with Gasteiger partial charge in [-0.05, 0) is 42.1 Å². The van der Waals surface area contributed by atoms with Gasteiger partial charge >= 0.3 is 0 Å². The maximum Gasteiger partial charge on any atom is 0.285 e. The maximum atomic E-state index is 12.5. The Labute approximate surface area is 168 Å². The van der Waals surface area contributed by atoms with Crippen molar-refractivity contribution in [3.8, 4) is 0 Å². The minimum Gasteiger partial charge on any atom is -0.267 e. The van der Waals surface area contributed by atoms with Gasteiger partial charge in [-0.2, -0.15) is 5.01 Å². The summed E-state index contributed by atoms with van der Waals surface area (Å²) in [7, 11) is 0. The summed E-state index contributed by atoms with van der Waals surface area (Å²) in [6, 6.07) is 12.0. The zero-order valence-corrected chi connectivity index (χ0v) is 15.8. The van der Waals surface area contributed by atoms with Gasteiger partial charge in [-0.15, -0.1) is 0 Å². The molecule has 2 aromatic carbocycles. The van der Waals surface area contributed by atoms with E-state index in [1.807, 2.05) is 0 Å². The van der Waals surface area contributed by atoms with Crippen LogP contribution in [0.3, 0.4) is 0 Å². The van der Waals surface area contributed by atoms with E-state index in [0.717, 1.165) is 16.8 Å². The van der Waals surface area contributed by atoms with Crippen LogP contribution in [0.1, 0.15) is 15.9 Å². The summed E-state index contributed by atoms with van der Waals surface area (Å²) in [5.74, 6) is -1.10. The number of halogens is 1. The van der Waals surface area contributed by atoms with Gasteiger partial charge < -0.3 is 0 Å². The third-order valence-corrected chi connectivity index (χ3v) is 5.19. The van der Waals surface area contributed by atoms with Crippen molar-refractivity contribution in [2.24, 2.45) is 0 Å². The summed E-state index contributed by atoms with van der Waals surface area (Å²) < 4.78 is 0.161. The summed E-state index contributed by atoms with van der Waals surface area (Å²) in [5.41, 5.74) is 3.09. The molecule has 1 N–H and O–H groups in total. The van der Waals surface area contributed by atoms with Crippen LogP contribution in [0.5, 0.6) is 0 Å². The van der Waals surface area contributed by atoms with Gasteiger partial charge in [-0.1, -0.05) is 41.6 Å². The standard InChI is InChI=1S/C17H10ClN3O4S2/c18-13-4-2-1-3-11(13)9-14-16(23)20(17(26)27-14)19-15(22)10-5-7-12(8-6-10)21(24)25/h1-9H,(H,19,22)/b14-9+. The molecule has 0 aromatic heterocycles. The first-order valence-corrected chi connectivity index (χ1v) is 9.05. The first-order chi connectivity index (χ1) is 12.9. The molecule has 2 aromatic rings. The molecule has 0 spiro atoms. The van der Waals surface area contributed by atoms with Crippen molar-refractivity contribution < 1.29 is 14.5 Å². The molecule has 7 nitrogen and oxygen atoms in total. The highest BCUT2D eigenvalue weighted by Gasteiger charge is 2.34. The summed E-state index contributed by atoms with van der Waals surface area (Å²) >= 11 is 12.3. The molecule has 0 bridgehead atoms. The first kappa shape index (κ1) is 19.0. The van der Waals surface area contributed by atoms with Crippen LogP contribution in [-0.2, 0) is 4.79 Å². The van der Waals surface area contributed by atoms with E-state index < -0.39 is 16.7 Å². The third kappa shape index (κ3) is 4.16. The van der Waals surface area contributed by atoms with E-state index in [1.165, 1.54) is 24.3 Å². The van der Waals surface area contributed by atoms with E-state index in [9.17, 15) is 19.7 Å². The molecule has 0 unspecified atom stereocenters. The number of rotatable bonds is 4. The Hall–Kier alpha value is -2.75. The van der Waals surface area contributed by atoms with E-state index in [0.29, 0.717) is 15.5 Å². The average molecular weight is 420 g/mol. The minimum atomic E-state index is -0.611. The Balaban J connectivity index is 1.76. The fourth-order valence-corrected chi connectivity index (χ4v) is 3.56. The van der Waals surface area contributed by atoms with Crippen molar-refractivity contribution >= 4 is 63.5 Å². The number of nitrogens with zero attached hydrogens (tertiary/aromatic N) is 2. The molecule has 1 fully saturated rings. The van der Waals surface area contributed by atoms with Gasteiger partial charge in [-0.3, -0.25) is 25.1 Å². The molecule has 1 heterocycles. The number of thioether (sulfide) groups is 1. The van der Waals surface area contributed by atoms with Gasteiger partial charge in [0.15, 0.2) is 4.32 Å².